The Morgan fingerprint density at radius 2 is 1.64 bits per heavy atom. The molecule has 0 aliphatic carbocycles. The fourth-order valence-electron chi connectivity index (χ4n) is 4.79. The number of carbonyl (C=O) groups is 1. The fraction of sp³-hybridized carbons (Fsp3) is 0.367. The van der Waals surface area contributed by atoms with Crippen molar-refractivity contribution in [2.75, 3.05) is 55.6 Å². The minimum absolute atomic E-state index is 0.0198. The third kappa shape index (κ3) is 6.14. The molecule has 0 spiro atoms. The van der Waals surface area contributed by atoms with Crippen molar-refractivity contribution in [2.24, 2.45) is 0 Å². The number of carbonyl (C=O) groups excluding carboxylic acids is 1. The third-order valence-electron chi connectivity index (χ3n) is 7.15. The lowest BCUT2D eigenvalue weighted by Gasteiger charge is -2.38. The molecule has 0 N–H and O–H groups in total. The SMILES string of the molecule is CCOc1ccc(N(CC(=O)N2CCN(c3cccc(C)c3C)CC2)S(=O)(=O)c2cc(C)ccc2OC)cc1. The van der Waals surface area contributed by atoms with Crippen LogP contribution in [-0.4, -0.2) is 65.7 Å². The molecule has 1 amide bonds. The number of piperazine rings is 1. The van der Waals surface area contributed by atoms with Gasteiger partial charge >= 0.3 is 0 Å². The van der Waals surface area contributed by atoms with Crippen molar-refractivity contribution in [2.45, 2.75) is 32.6 Å². The topological polar surface area (TPSA) is 79.4 Å². The predicted octanol–water partition coefficient (Wildman–Crippen LogP) is 4.56. The lowest BCUT2D eigenvalue weighted by atomic mass is 10.1. The molecule has 1 heterocycles. The molecule has 1 aliphatic rings. The number of hydrogen-bond acceptors (Lipinski definition) is 6. The normalized spacial score (nSPS) is 13.8. The van der Waals surface area contributed by atoms with Gasteiger partial charge in [-0.25, -0.2) is 8.42 Å². The van der Waals surface area contributed by atoms with Crippen molar-refractivity contribution < 1.29 is 22.7 Å². The Balaban J connectivity index is 1.60. The highest BCUT2D eigenvalue weighted by molar-refractivity contribution is 7.93. The van der Waals surface area contributed by atoms with Crippen LogP contribution in [0, 0.1) is 20.8 Å². The molecule has 39 heavy (non-hydrogen) atoms. The smallest absolute Gasteiger partial charge is 0.268 e. The van der Waals surface area contributed by atoms with Crippen LogP contribution >= 0.6 is 0 Å². The molecule has 1 saturated heterocycles. The monoisotopic (exact) mass is 551 g/mol. The molecule has 0 radical (unpaired) electrons. The highest BCUT2D eigenvalue weighted by atomic mass is 32.2. The first-order valence-corrected chi connectivity index (χ1v) is 14.6. The molecular weight excluding hydrogens is 514 g/mol. The number of aryl methyl sites for hydroxylation is 2. The van der Waals surface area contributed by atoms with E-state index in [2.05, 4.69) is 30.9 Å². The molecule has 0 aromatic heterocycles. The van der Waals surface area contributed by atoms with Crippen molar-refractivity contribution in [3.63, 3.8) is 0 Å². The zero-order chi connectivity index (χ0) is 28.2. The average Bonchev–Trinajstić information content (AvgIpc) is 2.94. The van der Waals surface area contributed by atoms with Gasteiger partial charge in [-0.1, -0.05) is 18.2 Å². The van der Waals surface area contributed by atoms with Crippen LogP contribution in [0.4, 0.5) is 11.4 Å². The summed E-state index contributed by atoms with van der Waals surface area (Å²) in [6.45, 7) is 10.5. The number of nitrogens with zero attached hydrogens (tertiary/aromatic N) is 3. The number of rotatable bonds is 9. The van der Waals surface area contributed by atoms with Crippen LogP contribution in [-0.2, 0) is 14.8 Å². The Morgan fingerprint density at radius 1 is 0.949 bits per heavy atom. The summed E-state index contributed by atoms with van der Waals surface area (Å²) in [7, 11) is -2.70. The van der Waals surface area contributed by atoms with E-state index in [1.54, 1.807) is 47.4 Å². The van der Waals surface area contributed by atoms with Gasteiger partial charge in [0.15, 0.2) is 0 Å². The molecule has 1 aliphatic heterocycles. The van der Waals surface area contributed by atoms with E-state index in [-0.39, 0.29) is 23.1 Å². The molecule has 0 saturated carbocycles. The van der Waals surface area contributed by atoms with E-state index in [1.165, 1.54) is 28.2 Å². The molecular formula is C30H37N3O5S. The first kappa shape index (κ1) is 28.3. The van der Waals surface area contributed by atoms with Crippen molar-refractivity contribution in [1.82, 2.24) is 4.90 Å². The molecule has 9 heteroatoms. The lowest BCUT2D eigenvalue weighted by Crippen LogP contribution is -2.52. The second-order valence-electron chi connectivity index (χ2n) is 9.68. The highest BCUT2D eigenvalue weighted by Crippen LogP contribution is 2.32. The van der Waals surface area contributed by atoms with E-state index >= 15 is 0 Å². The molecule has 8 nitrogen and oxygen atoms in total. The van der Waals surface area contributed by atoms with Crippen molar-refractivity contribution in [3.05, 3.63) is 77.4 Å². The standard InChI is InChI=1S/C30H37N3O5S/c1-6-38-26-13-11-25(12-14-26)33(39(35,36)29-20-22(2)10-15-28(29)37-5)21-30(34)32-18-16-31(17-19-32)27-9-7-8-23(3)24(27)4/h7-15,20H,6,16-19,21H2,1-5H3. The average molecular weight is 552 g/mol. The van der Waals surface area contributed by atoms with Crippen LogP contribution in [0.3, 0.4) is 0 Å². The van der Waals surface area contributed by atoms with E-state index in [9.17, 15) is 13.2 Å². The summed E-state index contributed by atoms with van der Waals surface area (Å²) in [6.07, 6.45) is 0. The van der Waals surface area contributed by atoms with Gasteiger partial charge in [0, 0.05) is 31.9 Å². The maximum absolute atomic E-state index is 14.0. The lowest BCUT2D eigenvalue weighted by molar-refractivity contribution is -0.129. The first-order valence-electron chi connectivity index (χ1n) is 13.1. The second kappa shape index (κ2) is 12.0. The predicted molar refractivity (Wildman–Crippen MR) is 155 cm³/mol. The Bertz CT molecular complexity index is 1420. The number of benzene rings is 3. The number of methoxy groups -OCH3 is 1. The minimum Gasteiger partial charge on any atom is -0.495 e. The summed E-state index contributed by atoms with van der Waals surface area (Å²) in [5.74, 6) is 0.603. The molecule has 3 aromatic carbocycles. The number of amides is 1. The highest BCUT2D eigenvalue weighted by Gasteiger charge is 2.32. The number of ether oxygens (including phenoxy) is 2. The molecule has 208 valence electrons. The number of sulfonamides is 1. The van der Waals surface area contributed by atoms with E-state index in [1.807, 2.05) is 19.9 Å². The van der Waals surface area contributed by atoms with Crippen LogP contribution in [0.2, 0.25) is 0 Å². The van der Waals surface area contributed by atoms with Gasteiger partial charge in [0.25, 0.3) is 10.0 Å². The number of anilines is 2. The minimum atomic E-state index is -4.13. The molecule has 0 unspecified atom stereocenters. The van der Waals surface area contributed by atoms with Gasteiger partial charge in [0.2, 0.25) is 5.91 Å². The summed E-state index contributed by atoms with van der Waals surface area (Å²) in [6, 6.07) is 18.0. The van der Waals surface area contributed by atoms with E-state index in [4.69, 9.17) is 9.47 Å². The summed E-state index contributed by atoms with van der Waals surface area (Å²) >= 11 is 0. The largest absolute Gasteiger partial charge is 0.495 e. The number of hydrogen-bond donors (Lipinski definition) is 0. The quantitative estimate of drug-likeness (QED) is 0.388. The summed E-state index contributed by atoms with van der Waals surface area (Å²) in [5.41, 5.74) is 4.79. The molecule has 4 rings (SSSR count). The van der Waals surface area contributed by atoms with Crippen molar-refractivity contribution >= 4 is 27.3 Å². The fourth-order valence-corrected chi connectivity index (χ4v) is 6.45. The third-order valence-corrected chi connectivity index (χ3v) is 8.95. The summed E-state index contributed by atoms with van der Waals surface area (Å²) < 4.78 is 40.2. The van der Waals surface area contributed by atoms with Gasteiger partial charge in [-0.05, 0) is 86.8 Å². The van der Waals surface area contributed by atoms with Crippen molar-refractivity contribution in [1.29, 1.82) is 0 Å². The molecule has 0 atom stereocenters. The van der Waals surface area contributed by atoms with Crippen LogP contribution < -0.4 is 18.7 Å². The van der Waals surface area contributed by atoms with E-state index in [0.717, 1.165) is 5.56 Å². The van der Waals surface area contributed by atoms with Crippen molar-refractivity contribution in [3.8, 4) is 11.5 Å². The van der Waals surface area contributed by atoms with Gasteiger partial charge in [-0.15, -0.1) is 0 Å². The second-order valence-corrected chi connectivity index (χ2v) is 11.5. The Labute approximate surface area is 231 Å². The van der Waals surface area contributed by atoms with Crippen LogP contribution in [0.5, 0.6) is 11.5 Å². The molecule has 0 bridgehead atoms. The zero-order valence-corrected chi connectivity index (χ0v) is 24.1. The Morgan fingerprint density at radius 3 is 2.28 bits per heavy atom. The van der Waals surface area contributed by atoms with E-state index < -0.39 is 10.0 Å². The van der Waals surface area contributed by atoms with Gasteiger partial charge in [-0.3, -0.25) is 9.10 Å². The summed E-state index contributed by atoms with van der Waals surface area (Å²) in [4.78, 5) is 17.6. The van der Waals surface area contributed by atoms with Crippen LogP contribution in [0.1, 0.15) is 23.6 Å². The Hall–Kier alpha value is -3.72. The zero-order valence-electron chi connectivity index (χ0n) is 23.3. The van der Waals surface area contributed by atoms with Crippen LogP contribution in [0.15, 0.2) is 65.6 Å². The first-order chi connectivity index (χ1) is 18.6. The van der Waals surface area contributed by atoms with Gasteiger partial charge in [-0.2, -0.15) is 0 Å². The maximum atomic E-state index is 14.0. The van der Waals surface area contributed by atoms with Gasteiger partial charge in [0.1, 0.15) is 22.9 Å². The molecule has 3 aromatic rings. The van der Waals surface area contributed by atoms with Crippen LogP contribution in [0.25, 0.3) is 0 Å². The molecule has 1 fully saturated rings. The van der Waals surface area contributed by atoms with Gasteiger partial charge < -0.3 is 19.3 Å². The maximum Gasteiger partial charge on any atom is 0.268 e. The van der Waals surface area contributed by atoms with Gasteiger partial charge in [0.05, 0.1) is 19.4 Å². The Kier molecular flexibility index (Phi) is 8.70. The summed E-state index contributed by atoms with van der Waals surface area (Å²) in [5, 5.41) is 0. The van der Waals surface area contributed by atoms with E-state index in [0.29, 0.717) is 44.2 Å².